The van der Waals surface area contributed by atoms with Gasteiger partial charge in [-0.25, -0.2) is 5.43 Å². The monoisotopic (exact) mass is 344 g/mol. The van der Waals surface area contributed by atoms with Gasteiger partial charge in [0.1, 0.15) is 0 Å². The summed E-state index contributed by atoms with van der Waals surface area (Å²) >= 11 is 4.25. The fourth-order valence-electron chi connectivity index (χ4n) is 1.33. The molecule has 0 aliphatic carbocycles. The maximum Gasteiger partial charge on any atom is 0.293 e. The van der Waals surface area contributed by atoms with E-state index in [1.807, 2.05) is 6.92 Å². The number of nitrogens with zero attached hydrogens (tertiary/aromatic N) is 3. The molecule has 0 unspecified atom stereocenters. The first-order valence-corrected chi connectivity index (χ1v) is 6.88. The molecule has 0 spiro atoms. The quantitative estimate of drug-likeness (QED) is 0.686. The predicted octanol–water partition coefficient (Wildman–Crippen LogP) is 2.46. The van der Waals surface area contributed by atoms with Crippen molar-refractivity contribution in [3.8, 4) is 0 Å². The zero-order valence-corrected chi connectivity index (χ0v) is 12.5. The first kappa shape index (κ1) is 13.9. The Morgan fingerprint density at radius 2 is 2.37 bits per heavy atom. The number of hydrogen-bond acceptors (Lipinski definition) is 4. The fourth-order valence-corrected chi connectivity index (χ4v) is 2.45. The van der Waals surface area contributed by atoms with E-state index in [0.29, 0.717) is 9.35 Å². The lowest BCUT2D eigenvalue weighted by Crippen LogP contribution is -2.18. The highest BCUT2D eigenvalue weighted by atomic mass is 79.9. The van der Waals surface area contributed by atoms with Crippen LogP contribution in [0.5, 0.6) is 0 Å². The maximum atomic E-state index is 12.7. The minimum atomic E-state index is -0.427. The molecule has 1 amide bonds. The van der Waals surface area contributed by atoms with Crippen LogP contribution in [0.4, 0.5) is 4.39 Å². The van der Waals surface area contributed by atoms with Gasteiger partial charge in [-0.15, -0.1) is 11.3 Å². The predicted molar refractivity (Wildman–Crippen MR) is 75.0 cm³/mol. The molecule has 0 fully saturated rings. The van der Waals surface area contributed by atoms with Crippen molar-refractivity contribution >= 4 is 39.4 Å². The molecular weight excluding hydrogens is 335 g/mol. The number of thiophene rings is 1. The molecule has 0 radical (unpaired) electrons. The Labute approximate surface area is 121 Å². The number of aromatic nitrogens is 2. The molecule has 0 aromatic carbocycles. The minimum absolute atomic E-state index is 0.259. The summed E-state index contributed by atoms with van der Waals surface area (Å²) in [6, 6.07) is 2.92. The van der Waals surface area contributed by atoms with Crippen LogP contribution in [0.25, 0.3) is 0 Å². The van der Waals surface area contributed by atoms with E-state index in [9.17, 15) is 9.18 Å². The van der Waals surface area contributed by atoms with Gasteiger partial charge in [0.2, 0.25) is 0 Å². The number of carbonyl (C=O) groups is 1. The standard InChI is InChI=1S/C11H10BrFN4OS/c1-6-9(12)10(16-17(6)2)11(18)15-14-5-7-3-4-8(13)19-7/h3-5H,1-2H3,(H,15,18). The number of nitrogens with one attached hydrogen (secondary N) is 1. The Kier molecular flexibility index (Phi) is 4.11. The summed E-state index contributed by atoms with van der Waals surface area (Å²) in [5.74, 6) is -0.427. The number of rotatable bonds is 3. The molecule has 0 aliphatic rings. The van der Waals surface area contributed by atoms with Crippen LogP contribution in [0.2, 0.25) is 0 Å². The zero-order chi connectivity index (χ0) is 14.0. The lowest BCUT2D eigenvalue weighted by molar-refractivity contribution is 0.0948. The number of carbonyl (C=O) groups excluding carboxylic acids is 1. The van der Waals surface area contributed by atoms with Crippen LogP contribution in [0.1, 0.15) is 21.1 Å². The van der Waals surface area contributed by atoms with E-state index < -0.39 is 5.91 Å². The molecule has 0 bridgehead atoms. The van der Waals surface area contributed by atoms with Gasteiger partial charge < -0.3 is 0 Å². The summed E-state index contributed by atoms with van der Waals surface area (Å²) in [7, 11) is 1.74. The topological polar surface area (TPSA) is 59.3 Å². The number of halogens is 2. The Morgan fingerprint density at radius 1 is 1.63 bits per heavy atom. The molecule has 19 heavy (non-hydrogen) atoms. The lowest BCUT2D eigenvalue weighted by atomic mass is 10.3. The Morgan fingerprint density at radius 3 is 2.89 bits per heavy atom. The van der Waals surface area contributed by atoms with Gasteiger partial charge in [-0.1, -0.05) is 0 Å². The molecule has 0 saturated heterocycles. The summed E-state index contributed by atoms with van der Waals surface area (Å²) in [6.07, 6.45) is 1.38. The summed E-state index contributed by atoms with van der Waals surface area (Å²) in [5, 5.41) is 7.53. The second-order valence-corrected chi connectivity index (χ2v) is 5.57. The molecule has 2 rings (SSSR count). The smallest absolute Gasteiger partial charge is 0.271 e. The Bertz CT molecular complexity index is 649. The van der Waals surface area contributed by atoms with Gasteiger partial charge in [0.05, 0.1) is 21.3 Å². The van der Waals surface area contributed by atoms with E-state index in [4.69, 9.17) is 0 Å². The van der Waals surface area contributed by atoms with Crippen LogP contribution in [-0.4, -0.2) is 21.9 Å². The SMILES string of the molecule is Cc1c(Br)c(C(=O)NN=Cc2ccc(F)s2)nn1C. The molecule has 0 aliphatic heterocycles. The molecular formula is C11H10BrFN4OS. The van der Waals surface area contributed by atoms with Gasteiger partial charge in [-0.3, -0.25) is 9.48 Å². The molecule has 8 heteroatoms. The van der Waals surface area contributed by atoms with Gasteiger partial charge >= 0.3 is 0 Å². The van der Waals surface area contributed by atoms with E-state index in [0.717, 1.165) is 17.0 Å². The van der Waals surface area contributed by atoms with Gasteiger partial charge in [-0.05, 0) is 35.0 Å². The van der Waals surface area contributed by atoms with Crippen LogP contribution in [0, 0.1) is 12.1 Å². The first-order valence-electron chi connectivity index (χ1n) is 5.27. The average Bonchev–Trinajstić information content (AvgIpc) is 2.89. The average molecular weight is 345 g/mol. The van der Waals surface area contributed by atoms with Crippen LogP contribution in [0.3, 0.4) is 0 Å². The molecule has 0 atom stereocenters. The van der Waals surface area contributed by atoms with Crippen LogP contribution < -0.4 is 5.43 Å². The number of hydrogen-bond donors (Lipinski definition) is 1. The molecule has 100 valence electrons. The Balaban J connectivity index is 2.05. The molecule has 1 N–H and O–H groups in total. The summed E-state index contributed by atoms with van der Waals surface area (Å²) in [4.78, 5) is 12.4. The summed E-state index contributed by atoms with van der Waals surface area (Å²) in [6.45, 7) is 1.84. The van der Waals surface area contributed by atoms with Gasteiger partial charge in [0.15, 0.2) is 10.8 Å². The van der Waals surface area contributed by atoms with Crippen molar-refractivity contribution in [2.24, 2.45) is 12.1 Å². The normalized spacial score (nSPS) is 11.2. The van der Waals surface area contributed by atoms with Crippen molar-refractivity contribution in [1.82, 2.24) is 15.2 Å². The van der Waals surface area contributed by atoms with Crippen molar-refractivity contribution < 1.29 is 9.18 Å². The highest BCUT2D eigenvalue weighted by Gasteiger charge is 2.16. The van der Waals surface area contributed by atoms with Crippen molar-refractivity contribution in [3.63, 3.8) is 0 Å². The van der Waals surface area contributed by atoms with Crippen LogP contribution >= 0.6 is 27.3 Å². The van der Waals surface area contributed by atoms with Crippen LogP contribution in [-0.2, 0) is 7.05 Å². The first-order chi connectivity index (χ1) is 8.99. The van der Waals surface area contributed by atoms with E-state index in [2.05, 4.69) is 31.6 Å². The van der Waals surface area contributed by atoms with Gasteiger partial charge in [0.25, 0.3) is 5.91 Å². The molecule has 2 aromatic heterocycles. The molecule has 5 nitrogen and oxygen atoms in total. The largest absolute Gasteiger partial charge is 0.293 e. The number of aryl methyl sites for hydroxylation is 1. The van der Waals surface area contributed by atoms with Gasteiger partial charge in [-0.2, -0.15) is 14.6 Å². The van der Waals surface area contributed by atoms with Crippen molar-refractivity contribution in [2.45, 2.75) is 6.92 Å². The number of hydrazone groups is 1. The Hall–Kier alpha value is -1.54. The van der Waals surface area contributed by atoms with E-state index in [1.54, 1.807) is 17.8 Å². The second kappa shape index (κ2) is 5.62. The lowest BCUT2D eigenvalue weighted by Gasteiger charge is -1.95. The van der Waals surface area contributed by atoms with Gasteiger partial charge in [0, 0.05) is 7.05 Å². The third-order valence-corrected chi connectivity index (χ3v) is 4.19. The van der Waals surface area contributed by atoms with Crippen molar-refractivity contribution in [3.05, 3.63) is 38.0 Å². The second-order valence-electron chi connectivity index (χ2n) is 3.71. The highest BCUT2D eigenvalue weighted by Crippen LogP contribution is 2.19. The molecule has 2 aromatic rings. The maximum absolute atomic E-state index is 12.7. The van der Waals surface area contributed by atoms with E-state index >= 15 is 0 Å². The van der Waals surface area contributed by atoms with E-state index in [-0.39, 0.29) is 10.8 Å². The third kappa shape index (κ3) is 3.07. The van der Waals surface area contributed by atoms with Crippen molar-refractivity contribution in [1.29, 1.82) is 0 Å². The fraction of sp³-hybridized carbons (Fsp3) is 0.182. The van der Waals surface area contributed by atoms with E-state index in [1.165, 1.54) is 12.3 Å². The number of amides is 1. The molecule has 2 heterocycles. The van der Waals surface area contributed by atoms with Crippen LogP contribution in [0.15, 0.2) is 21.7 Å². The minimum Gasteiger partial charge on any atom is -0.271 e. The van der Waals surface area contributed by atoms with Crippen molar-refractivity contribution in [2.75, 3.05) is 0 Å². The summed E-state index contributed by atoms with van der Waals surface area (Å²) in [5.41, 5.74) is 3.45. The molecule has 0 saturated carbocycles. The summed E-state index contributed by atoms with van der Waals surface area (Å²) < 4.78 is 15.0. The zero-order valence-electron chi connectivity index (χ0n) is 10.1. The third-order valence-electron chi connectivity index (χ3n) is 2.43. The highest BCUT2D eigenvalue weighted by molar-refractivity contribution is 9.10.